The molecule has 2 aliphatic rings. The molecule has 1 heterocycles. The third kappa shape index (κ3) is 3.09. The maximum absolute atomic E-state index is 12.2. The number of rotatable bonds is 4. The standard InChI is InChI=1S/C17H21NO4/c1-17(20,10-18-16(19)12-5-3-2-4-6-12)13-7-8-14-15(9-13)22-11-21-14/h2-3,7-9,12,20H,4-6,10-11H2,1H3,(H,18,19)/t12-,17-/m1/s1. The van der Waals surface area contributed by atoms with Crippen molar-refractivity contribution in [3.63, 3.8) is 0 Å². The largest absolute Gasteiger partial charge is 0.454 e. The van der Waals surface area contributed by atoms with E-state index in [2.05, 4.69) is 11.4 Å². The summed E-state index contributed by atoms with van der Waals surface area (Å²) in [5.41, 5.74) is -0.457. The van der Waals surface area contributed by atoms with Gasteiger partial charge in [0.2, 0.25) is 12.7 Å². The average molecular weight is 303 g/mol. The predicted molar refractivity (Wildman–Crippen MR) is 81.6 cm³/mol. The lowest BCUT2D eigenvalue weighted by atomic mass is 9.92. The number of hydrogen-bond donors (Lipinski definition) is 2. The minimum Gasteiger partial charge on any atom is -0.454 e. The number of nitrogens with one attached hydrogen (secondary N) is 1. The fourth-order valence-electron chi connectivity index (χ4n) is 2.77. The quantitative estimate of drug-likeness (QED) is 0.836. The fourth-order valence-corrected chi connectivity index (χ4v) is 2.77. The minimum absolute atomic E-state index is 0.00497. The molecule has 1 aliphatic heterocycles. The Morgan fingerprint density at radius 2 is 2.18 bits per heavy atom. The number of carbonyl (C=O) groups excluding carboxylic acids is 1. The Morgan fingerprint density at radius 3 is 2.95 bits per heavy atom. The second-order valence-electron chi connectivity index (χ2n) is 6.04. The van der Waals surface area contributed by atoms with Crippen LogP contribution < -0.4 is 14.8 Å². The predicted octanol–water partition coefficient (Wildman–Crippen LogP) is 2.10. The Morgan fingerprint density at radius 1 is 1.36 bits per heavy atom. The second-order valence-corrected chi connectivity index (χ2v) is 6.04. The van der Waals surface area contributed by atoms with Crippen molar-refractivity contribution in [2.75, 3.05) is 13.3 Å². The van der Waals surface area contributed by atoms with Crippen molar-refractivity contribution in [3.05, 3.63) is 35.9 Å². The van der Waals surface area contributed by atoms with Crippen molar-refractivity contribution in [3.8, 4) is 11.5 Å². The molecule has 0 bridgehead atoms. The van der Waals surface area contributed by atoms with Crippen molar-refractivity contribution in [2.24, 2.45) is 5.92 Å². The van der Waals surface area contributed by atoms with E-state index in [1.54, 1.807) is 25.1 Å². The lowest BCUT2D eigenvalue weighted by molar-refractivity contribution is -0.126. The Hall–Kier alpha value is -2.01. The zero-order valence-electron chi connectivity index (χ0n) is 12.7. The van der Waals surface area contributed by atoms with Crippen LogP contribution in [0.4, 0.5) is 0 Å². The first kappa shape index (κ1) is 14.9. The molecule has 0 radical (unpaired) electrons. The summed E-state index contributed by atoms with van der Waals surface area (Å²) in [5, 5.41) is 13.5. The summed E-state index contributed by atoms with van der Waals surface area (Å²) in [5.74, 6) is 1.32. The number of benzene rings is 1. The number of fused-ring (bicyclic) bond motifs is 1. The molecular formula is C17H21NO4. The zero-order valence-corrected chi connectivity index (χ0v) is 12.7. The Kier molecular flexibility index (Phi) is 4.07. The maximum atomic E-state index is 12.2. The van der Waals surface area contributed by atoms with E-state index in [4.69, 9.17) is 9.47 Å². The maximum Gasteiger partial charge on any atom is 0.231 e. The van der Waals surface area contributed by atoms with E-state index in [1.807, 2.05) is 6.08 Å². The highest BCUT2D eigenvalue weighted by Crippen LogP contribution is 2.35. The number of ether oxygens (including phenoxy) is 2. The third-order valence-corrected chi connectivity index (χ3v) is 4.24. The van der Waals surface area contributed by atoms with E-state index in [-0.39, 0.29) is 25.2 Å². The number of aliphatic hydroxyl groups is 1. The van der Waals surface area contributed by atoms with Crippen LogP contribution in [0.1, 0.15) is 31.7 Å². The van der Waals surface area contributed by atoms with Gasteiger partial charge < -0.3 is 19.9 Å². The molecule has 2 N–H and O–H groups in total. The molecule has 1 aromatic carbocycles. The summed E-state index contributed by atoms with van der Waals surface area (Å²) in [6.07, 6.45) is 6.74. The van der Waals surface area contributed by atoms with Crippen LogP contribution in [0.3, 0.4) is 0 Å². The van der Waals surface area contributed by atoms with Gasteiger partial charge in [0.15, 0.2) is 11.5 Å². The molecular weight excluding hydrogens is 282 g/mol. The molecule has 1 aliphatic carbocycles. The van der Waals surface area contributed by atoms with E-state index in [0.29, 0.717) is 17.1 Å². The smallest absolute Gasteiger partial charge is 0.231 e. The van der Waals surface area contributed by atoms with E-state index in [1.165, 1.54) is 0 Å². The van der Waals surface area contributed by atoms with Crippen LogP contribution in [0.15, 0.2) is 30.4 Å². The van der Waals surface area contributed by atoms with Crippen LogP contribution in [0.25, 0.3) is 0 Å². The zero-order chi connectivity index (χ0) is 15.6. The molecule has 1 amide bonds. The number of carbonyl (C=O) groups is 1. The number of allylic oxidation sites excluding steroid dienone is 2. The van der Waals surface area contributed by atoms with Crippen LogP contribution in [0.2, 0.25) is 0 Å². The van der Waals surface area contributed by atoms with Gasteiger partial charge in [0, 0.05) is 5.92 Å². The Bertz CT molecular complexity index is 594. The lowest BCUT2D eigenvalue weighted by Gasteiger charge is -2.26. The molecule has 0 saturated heterocycles. The van der Waals surface area contributed by atoms with Crippen LogP contribution in [0.5, 0.6) is 11.5 Å². The molecule has 1 aromatic rings. The van der Waals surface area contributed by atoms with Gasteiger partial charge in [-0.3, -0.25) is 4.79 Å². The van der Waals surface area contributed by atoms with Crippen LogP contribution in [-0.4, -0.2) is 24.4 Å². The van der Waals surface area contributed by atoms with Gasteiger partial charge in [-0.1, -0.05) is 18.2 Å². The molecule has 0 unspecified atom stereocenters. The van der Waals surface area contributed by atoms with E-state index in [9.17, 15) is 9.90 Å². The highest BCUT2D eigenvalue weighted by molar-refractivity contribution is 5.79. The molecule has 0 spiro atoms. The summed E-state index contributed by atoms with van der Waals surface area (Å²) < 4.78 is 10.6. The van der Waals surface area contributed by atoms with Gasteiger partial charge >= 0.3 is 0 Å². The van der Waals surface area contributed by atoms with Crippen LogP contribution >= 0.6 is 0 Å². The molecule has 22 heavy (non-hydrogen) atoms. The Labute approximate surface area is 129 Å². The average Bonchev–Trinajstić information content (AvgIpc) is 3.01. The summed E-state index contributed by atoms with van der Waals surface area (Å²) in [7, 11) is 0. The molecule has 5 heteroatoms. The first-order chi connectivity index (χ1) is 10.6. The summed E-state index contributed by atoms with van der Waals surface area (Å²) in [6, 6.07) is 5.33. The normalized spacial score (nSPS) is 22.2. The van der Waals surface area contributed by atoms with Gasteiger partial charge in [0.05, 0.1) is 6.54 Å². The molecule has 0 aromatic heterocycles. The Balaban J connectivity index is 1.63. The van der Waals surface area contributed by atoms with Crippen molar-refractivity contribution in [1.82, 2.24) is 5.32 Å². The van der Waals surface area contributed by atoms with Gasteiger partial charge in [0.25, 0.3) is 0 Å². The van der Waals surface area contributed by atoms with Crippen LogP contribution in [-0.2, 0) is 10.4 Å². The fraction of sp³-hybridized carbons (Fsp3) is 0.471. The van der Waals surface area contributed by atoms with E-state index < -0.39 is 5.60 Å². The highest BCUT2D eigenvalue weighted by atomic mass is 16.7. The lowest BCUT2D eigenvalue weighted by Crippen LogP contribution is -2.41. The molecule has 3 rings (SSSR count). The number of amides is 1. The third-order valence-electron chi connectivity index (χ3n) is 4.24. The first-order valence-electron chi connectivity index (χ1n) is 7.61. The minimum atomic E-state index is -1.15. The van der Waals surface area contributed by atoms with Crippen molar-refractivity contribution >= 4 is 5.91 Å². The monoisotopic (exact) mass is 303 g/mol. The molecule has 0 saturated carbocycles. The van der Waals surface area contributed by atoms with E-state index in [0.717, 1.165) is 19.3 Å². The first-order valence-corrected chi connectivity index (χ1v) is 7.61. The van der Waals surface area contributed by atoms with Gasteiger partial charge in [-0.2, -0.15) is 0 Å². The van der Waals surface area contributed by atoms with Gasteiger partial charge in [0.1, 0.15) is 5.60 Å². The second kappa shape index (κ2) is 6.01. The molecule has 5 nitrogen and oxygen atoms in total. The summed E-state index contributed by atoms with van der Waals surface area (Å²) in [6.45, 7) is 2.06. The number of hydrogen-bond acceptors (Lipinski definition) is 4. The highest BCUT2D eigenvalue weighted by Gasteiger charge is 2.28. The molecule has 118 valence electrons. The topological polar surface area (TPSA) is 67.8 Å². The van der Waals surface area contributed by atoms with E-state index >= 15 is 0 Å². The van der Waals surface area contributed by atoms with Gasteiger partial charge in [-0.05, 0) is 43.9 Å². The molecule has 2 atom stereocenters. The van der Waals surface area contributed by atoms with Gasteiger partial charge in [-0.15, -0.1) is 0 Å². The summed E-state index contributed by atoms with van der Waals surface area (Å²) >= 11 is 0. The van der Waals surface area contributed by atoms with Crippen molar-refractivity contribution in [2.45, 2.75) is 31.8 Å². The van der Waals surface area contributed by atoms with Crippen molar-refractivity contribution in [1.29, 1.82) is 0 Å². The summed E-state index contributed by atoms with van der Waals surface area (Å²) in [4.78, 5) is 12.2. The van der Waals surface area contributed by atoms with Gasteiger partial charge in [-0.25, -0.2) is 0 Å². The van der Waals surface area contributed by atoms with Crippen molar-refractivity contribution < 1.29 is 19.4 Å². The van der Waals surface area contributed by atoms with Crippen LogP contribution in [0, 0.1) is 5.92 Å². The SMILES string of the molecule is C[C@@](O)(CNC(=O)[C@@H]1CC=CCC1)c1ccc2c(c1)OCO2. The molecule has 0 fully saturated rings.